The first kappa shape index (κ1) is 14.3. The third-order valence-electron chi connectivity index (χ3n) is 2.76. The highest BCUT2D eigenvalue weighted by atomic mass is 127. The molecule has 96 valence electrons. The summed E-state index contributed by atoms with van der Waals surface area (Å²) in [5, 5.41) is 6.44. The van der Waals surface area contributed by atoms with E-state index in [0.717, 1.165) is 18.0 Å². The molecular formula is C14H15ClINS. The van der Waals surface area contributed by atoms with E-state index in [1.807, 2.05) is 6.07 Å². The molecule has 0 bridgehead atoms. The van der Waals surface area contributed by atoms with Gasteiger partial charge < -0.3 is 5.32 Å². The van der Waals surface area contributed by atoms with Gasteiger partial charge in [-0.1, -0.05) is 30.7 Å². The van der Waals surface area contributed by atoms with Gasteiger partial charge >= 0.3 is 0 Å². The Kier molecular flexibility index (Phi) is 5.48. The van der Waals surface area contributed by atoms with Crippen LogP contribution in [0.1, 0.15) is 23.4 Å². The van der Waals surface area contributed by atoms with E-state index < -0.39 is 0 Å². The summed E-state index contributed by atoms with van der Waals surface area (Å²) in [6, 6.07) is 11.0. The van der Waals surface area contributed by atoms with E-state index >= 15 is 0 Å². The van der Waals surface area contributed by atoms with Crippen molar-refractivity contribution in [2.45, 2.75) is 19.4 Å². The molecule has 1 nitrogen and oxygen atoms in total. The fraction of sp³-hybridized carbons (Fsp3) is 0.286. The lowest BCUT2D eigenvalue weighted by Crippen LogP contribution is -2.22. The highest BCUT2D eigenvalue weighted by Gasteiger charge is 2.15. The van der Waals surface area contributed by atoms with Gasteiger partial charge in [0.05, 0.1) is 5.02 Å². The van der Waals surface area contributed by atoms with Crippen LogP contribution in [0.25, 0.3) is 0 Å². The van der Waals surface area contributed by atoms with Crippen LogP contribution in [0.3, 0.4) is 0 Å². The smallest absolute Gasteiger partial charge is 0.0561 e. The lowest BCUT2D eigenvalue weighted by molar-refractivity contribution is 0.558. The second-order valence-corrected chi connectivity index (χ2v) is 6.67. The molecule has 0 aliphatic rings. The van der Waals surface area contributed by atoms with Crippen molar-refractivity contribution in [1.82, 2.24) is 5.32 Å². The van der Waals surface area contributed by atoms with Crippen LogP contribution >= 0.6 is 45.5 Å². The number of nitrogens with one attached hydrogen (secondary N) is 1. The summed E-state index contributed by atoms with van der Waals surface area (Å²) in [5.41, 5.74) is 1.34. The van der Waals surface area contributed by atoms with Crippen molar-refractivity contribution >= 4 is 45.5 Å². The molecule has 0 aliphatic carbocycles. The maximum atomic E-state index is 6.23. The minimum Gasteiger partial charge on any atom is -0.309 e. The van der Waals surface area contributed by atoms with Gasteiger partial charge in [0.2, 0.25) is 0 Å². The zero-order chi connectivity index (χ0) is 13.0. The van der Waals surface area contributed by atoms with Crippen molar-refractivity contribution in [2.75, 3.05) is 6.54 Å². The lowest BCUT2D eigenvalue weighted by atomic mass is 10.0. The van der Waals surface area contributed by atoms with Crippen molar-refractivity contribution < 1.29 is 0 Å². The Morgan fingerprint density at radius 3 is 2.56 bits per heavy atom. The van der Waals surface area contributed by atoms with Crippen LogP contribution in [0.4, 0.5) is 0 Å². The summed E-state index contributed by atoms with van der Waals surface area (Å²) in [7, 11) is 0. The summed E-state index contributed by atoms with van der Waals surface area (Å²) in [6.45, 7) is 3.08. The number of hydrogen-bond donors (Lipinski definition) is 1. The quantitative estimate of drug-likeness (QED) is 0.715. The van der Waals surface area contributed by atoms with Gasteiger partial charge in [-0.25, -0.2) is 0 Å². The Balaban J connectivity index is 2.16. The molecular weight excluding hydrogens is 377 g/mol. The Morgan fingerprint density at radius 1 is 1.28 bits per heavy atom. The molecule has 18 heavy (non-hydrogen) atoms. The summed E-state index contributed by atoms with van der Waals surface area (Å²) >= 11 is 10.3. The van der Waals surface area contributed by atoms with Crippen molar-refractivity contribution in [3.05, 3.63) is 54.7 Å². The average Bonchev–Trinajstić information content (AvgIpc) is 2.78. The lowest BCUT2D eigenvalue weighted by Gasteiger charge is -2.17. The Hall–Kier alpha value is -0.100. The van der Waals surface area contributed by atoms with E-state index in [1.54, 1.807) is 11.3 Å². The van der Waals surface area contributed by atoms with Gasteiger partial charge in [-0.2, -0.15) is 0 Å². The molecule has 0 amide bonds. The standard InChI is InChI=1S/C14H15ClINS/c1-2-17-13(14-12(15)7-8-18-14)9-10-3-5-11(16)6-4-10/h3-8,13,17H,2,9H2,1H3. The first-order valence-corrected chi connectivity index (χ1v) is 8.25. The molecule has 1 atom stereocenters. The molecule has 0 saturated carbocycles. The molecule has 1 aromatic carbocycles. The minimum absolute atomic E-state index is 0.308. The predicted molar refractivity (Wildman–Crippen MR) is 88.6 cm³/mol. The molecule has 1 unspecified atom stereocenters. The second kappa shape index (κ2) is 6.89. The number of benzene rings is 1. The number of thiophene rings is 1. The summed E-state index contributed by atoms with van der Waals surface area (Å²) in [5.74, 6) is 0. The Labute approximate surface area is 131 Å². The summed E-state index contributed by atoms with van der Waals surface area (Å²) < 4.78 is 1.27. The van der Waals surface area contributed by atoms with Crippen LogP contribution in [0, 0.1) is 3.57 Å². The first-order valence-electron chi connectivity index (χ1n) is 5.91. The van der Waals surface area contributed by atoms with E-state index in [0.29, 0.717) is 6.04 Å². The highest BCUT2D eigenvalue weighted by Crippen LogP contribution is 2.30. The molecule has 1 heterocycles. The van der Waals surface area contributed by atoms with Crippen molar-refractivity contribution in [2.24, 2.45) is 0 Å². The molecule has 0 fully saturated rings. The average molecular weight is 392 g/mol. The number of halogens is 2. The third-order valence-corrected chi connectivity index (χ3v) is 4.96. The van der Waals surface area contributed by atoms with E-state index in [4.69, 9.17) is 11.6 Å². The molecule has 4 heteroatoms. The predicted octanol–water partition coefficient (Wildman–Crippen LogP) is 4.90. The number of rotatable bonds is 5. The van der Waals surface area contributed by atoms with Gasteiger partial charge in [-0.3, -0.25) is 0 Å². The summed E-state index contributed by atoms with van der Waals surface area (Å²) in [4.78, 5) is 1.23. The van der Waals surface area contributed by atoms with Gasteiger partial charge in [0.15, 0.2) is 0 Å². The highest BCUT2D eigenvalue weighted by molar-refractivity contribution is 14.1. The molecule has 2 aromatic rings. The number of hydrogen-bond acceptors (Lipinski definition) is 2. The van der Waals surface area contributed by atoms with Crippen LogP contribution < -0.4 is 5.32 Å². The molecule has 2 rings (SSSR count). The van der Waals surface area contributed by atoms with Crippen LogP contribution in [-0.4, -0.2) is 6.54 Å². The van der Waals surface area contributed by atoms with Crippen LogP contribution in [0.2, 0.25) is 5.02 Å². The van der Waals surface area contributed by atoms with Gasteiger partial charge in [0.1, 0.15) is 0 Å². The van der Waals surface area contributed by atoms with E-state index in [9.17, 15) is 0 Å². The molecule has 0 spiro atoms. The Bertz CT molecular complexity index is 495. The molecule has 0 saturated heterocycles. The second-order valence-electron chi connectivity index (χ2n) is 4.07. The van der Waals surface area contributed by atoms with Crippen molar-refractivity contribution in [1.29, 1.82) is 0 Å². The Morgan fingerprint density at radius 2 is 2.00 bits per heavy atom. The summed E-state index contributed by atoms with van der Waals surface area (Å²) in [6.07, 6.45) is 0.977. The zero-order valence-corrected chi connectivity index (χ0v) is 13.8. The maximum Gasteiger partial charge on any atom is 0.0561 e. The van der Waals surface area contributed by atoms with E-state index in [1.165, 1.54) is 14.0 Å². The molecule has 1 aromatic heterocycles. The van der Waals surface area contributed by atoms with Crippen LogP contribution in [0.5, 0.6) is 0 Å². The zero-order valence-electron chi connectivity index (χ0n) is 10.1. The van der Waals surface area contributed by atoms with Crippen LogP contribution in [-0.2, 0) is 6.42 Å². The number of likely N-dealkylation sites (N-methyl/N-ethyl adjacent to an activating group) is 1. The van der Waals surface area contributed by atoms with E-state index in [-0.39, 0.29) is 0 Å². The fourth-order valence-corrected chi connectivity index (χ4v) is 3.54. The van der Waals surface area contributed by atoms with Crippen molar-refractivity contribution in [3.8, 4) is 0 Å². The monoisotopic (exact) mass is 391 g/mol. The van der Waals surface area contributed by atoms with Crippen LogP contribution in [0.15, 0.2) is 35.7 Å². The molecule has 0 radical (unpaired) electrons. The van der Waals surface area contributed by atoms with E-state index in [2.05, 4.69) is 64.5 Å². The molecule has 0 aliphatic heterocycles. The normalized spacial score (nSPS) is 12.6. The minimum atomic E-state index is 0.308. The molecule has 1 N–H and O–H groups in total. The fourth-order valence-electron chi connectivity index (χ4n) is 1.91. The maximum absolute atomic E-state index is 6.23. The third kappa shape index (κ3) is 3.70. The SMILES string of the molecule is CCNC(Cc1ccc(I)cc1)c1sccc1Cl. The largest absolute Gasteiger partial charge is 0.309 e. The van der Waals surface area contributed by atoms with Crippen molar-refractivity contribution in [3.63, 3.8) is 0 Å². The topological polar surface area (TPSA) is 12.0 Å². The van der Waals surface area contributed by atoms with Gasteiger partial charge in [0.25, 0.3) is 0 Å². The van der Waals surface area contributed by atoms with Gasteiger partial charge in [-0.15, -0.1) is 11.3 Å². The first-order chi connectivity index (χ1) is 8.70. The van der Waals surface area contributed by atoms with Gasteiger partial charge in [0, 0.05) is 14.5 Å². The van der Waals surface area contributed by atoms with Gasteiger partial charge in [-0.05, 0) is 64.7 Å².